The first kappa shape index (κ1) is 9.98. The number of rotatable bonds is 1. The van der Waals surface area contributed by atoms with Crippen molar-refractivity contribution in [2.75, 3.05) is 13.6 Å². The van der Waals surface area contributed by atoms with Gasteiger partial charge in [-0.05, 0) is 0 Å². The van der Waals surface area contributed by atoms with Crippen LogP contribution in [0.4, 0.5) is 0 Å². The van der Waals surface area contributed by atoms with Crippen molar-refractivity contribution in [3.05, 3.63) is 0 Å². The molecule has 0 aromatic carbocycles. The number of nitrogens with one attached hydrogen (secondary N) is 1. The van der Waals surface area contributed by atoms with E-state index >= 15 is 0 Å². The fourth-order valence-electron chi connectivity index (χ4n) is 1.69. The minimum absolute atomic E-state index is 0.0558. The largest absolute Gasteiger partial charge is 0.357 e. The lowest BCUT2D eigenvalue weighted by Crippen LogP contribution is -2.62. The monoisotopic (exact) mass is 186 g/mol. The van der Waals surface area contributed by atoms with Gasteiger partial charge in [-0.3, -0.25) is 9.59 Å². The number of hydrogen-bond donors (Lipinski definition) is 2. The fraction of sp³-hybridized carbons (Fsp3) is 0.750. The van der Waals surface area contributed by atoms with Crippen LogP contribution in [-0.4, -0.2) is 42.4 Å². The molecular weight excluding hydrogens is 170 g/mol. The van der Waals surface area contributed by atoms with E-state index in [9.17, 15) is 9.59 Å². The highest BCUT2D eigenvalue weighted by atomic mass is 16.2. The van der Waals surface area contributed by atoms with Crippen LogP contribution in [0.25, 0.3) is 0 Å². The lowest BCUT2D eigenvalue weighted by molar-refractivity contribution is -0.414. The van der Waals surface area contributed by atoms with Crippen molar-refractivity contribution in [3.63, 3.8) is 0 Å². The number of likely N-dealkylation sites (tertiary alicyclic amines) is 1. The predicted octanol–water partition coefficient (Wildman–Crippen LogP) is -2.04. The topological polar surface area (TPSA) is 77.1 Å². The molecule has 2 amide bonds. The van der Waals surface area contributed by atoms with Gasteiger partial charge in [0.15, 0.2) is 0 Å². The van der Waals surface area contributed by atoms with Gasteiger partial charge in [0.25, 0.3) is 0 Å². The average molecular weight is 186 g/mol. The quantitative estimate of drug-likeness (QED) is 0.495. The van der Waals surface area contributed by atoms with Crippen molar-refractivity contribution in [1.29, 1.82) is 0 Å². The van der Waals surface area contributed by atoms with E-state index in [0.29, 0.717) is 13.0 Å². The number of carbonyl (C=O) groups is 2. The summed E-state index contributed by atoms with van der Waals surface area (Å²) in [4.78, 5) is 24.1. The molecule has 0 unspecified atom stereocenters. The molecule has 13 heavy (non-hydrogen) atoms. The first-order valence-electron chi connectivity index (χ1n) is 4.38. The van der Waals surface area contributed by atoms with E-state index < -0.39 is 0 Å². The van der Waals surface area contributed by atoms with Gasteiger partial charge in [0.1, 0.15) is 12.1 Å². The van der Waals surface area contributed by atoms with E-state index in [1.807, 2.05) is 0 Å². The van der Waals surface area contributed by atoms with E-state index in [1.165, 1.54) is 6.92 Å². The Balaban J connectivity index is 2.71. The molecule has 1 rings (SSSR count). The molecule has 2 atom stereocenters. The van der Waals surface area contributed by atoms with Crippen LogP contribution >= 0.6 is 0 Å². The molecular formula is C8H16N3O2+. The van der Waals surface area contributed by atoms with Crippen LogP contribution in [-0.2, 0) is 9.59 Å². The van der Waals surface area contributed by atoms with Crippen molar-refractivity contribution >= 4 is 11.8 Å². The molecule has 0 spiro atoms. The molecule has 0 aromatic heterocycles. The second-order valence-corrected chi connectivity index (χ2v) is 3.40. The molecule has 0 aliphatic carbocycles. The smallest absolute Gasteiger partial charge is 0.242 e. The Kier molecular flexibility index (Phi) is 2.87. The highest BCUT2D eigenvalue weighted by Crippen LogP contribution is 2.15. The average Bonchev–Trinajstić information content (AvgIpc) is 2.46. The SMILES string of the molecule is CNC(=O)[C@@H]1C[C@H]([NH3+])CN1C(C)=O. The Morgan fingerprint density at radius 1 is 1.54 bits per heavy atom. The summed E-state index contributed by atoms with van der Waals surface area (Å²) in [5, 5.41) is 2.55. The van der Waals surface area contributed by atoms with Gasteiger partial charge in [0.2, 0.25) is 11.8 Å². The van der Waals surface area contributed by atoms with Crippen LogP contribution in [0.1, 0.15) is 13.3 Å². The summed E-state index contributed by atoms with van der Waals surface area (Å²) >= 11 is 0. The van der Waals surface area contributed by atoms with Crippen molar-refractivity contribution in [1.82, 2.24) is 10.2 Å². The summed E-state index contributed by atoms with van der Waals surface area (Å²) in [5.74, 6) is -0.152. The van der Waals surface area contributed by atoms with Crippen LogP contribution in [0.2, 0.25) is 0 Å². The normalized spacial score (nSPS) is 27.5. The summed E-state index contributed by atoms with van der Waals surface area (Å²) in [7, 11) is 1.58. The van der Waals surface area contributed by atoms with Gasteiger partial charge in [0, 0.05) is 20.4 Å². The number of carbonyl (C=O) groups excluding carboxylic acids is 2. The second kappa shape index (κ2) is 3.74. The lowest BCUT2D eigenvalue weighted by Gasteiger charge is -2.20. The standard InChI is InChI=1S/C8H15N3O2/c1-5(12)11-4-6(9)3-7(11)8(13)10-2/h6-7H,3-4,9H2,1-2H3,(H,10,13)/p+1/t6-,7-/m0/s1. The molecule has 1 fully saturated rings. The molecule has 0 bridgehead atoms. The zero-order valence-corrected chi connectivity index (χ0v) is 8.04. The first-order chi connectivity index (χ1) is 6.06. The number of amides is 2. The maximum absolute atomic E-state index is 11.3. The predicted molar refractivity (Wildman–Crippen MR) is 46.5 cm³/mol. The number of likely N-dealkylation sites (N-methyl/N-ethyl adjacent to an activating group) is 1. The van der Waals surface area contributed by atoms with Crippen molar-refractivity contribution in [2.24, 2.45) is 0 Å². The fourth-order valence-corrected chi connectivity index (χ4v) is 1.69. The van der Waals surface area contributed by atoms with Gasteiger partial charge in [-0.15, -0.1) is 0 Å². The van der Waals surface area contributed by atoms with E-state index in [2.05, 4.69) is 11.1 Å². The van der Waals surface area contributed by atoms with Crippen LogP contribution in [0.15, 0.2) is 0 Å². The Labute approximate surface area is 77.3 Å². The van der Waals surface area contributed by atoms with Crippen LogP contribution in [0, 0.1) is 0 Å². The molecule has 0 radical (unpaired) electrons. The summed E-state index contributed by atoms with van der Waals surface area (Å²) < 4.78 is 0. The van der Waals surface area contributed by atoms with Gasteiger partial charge in [-0.2, -0.15) is 0 Å². The third-order valence-electron chi connectivity index (χ3n) is 2.34. The lowest BCUT2D eigenvalue weighted by atomic mass is 10.1. The van der Waals surface area contributed by atoms with Crippen molar-refractivity contribution in [3.8, 4) is 0 Å². The highest BCUT2D eigenvalue weighted by molar-refractivity contribution is 5.87. The zero-order chi connectivity index (χ0) is 10.0. The Morgan fingerprint density at radius 2 is 2.15 bits per heavy atom. The van der Waals surface area contributed by atoms with Gasteiger partial charge >= 0.3 is 0 Å². The second-order valence-electron chi connectivity index (χ2n) is 3.40. The molecule has 0 aromatic rings. The van der Waals surface area contributed by atoms with Crippen LogP contribution < -0.4 is 11.1 Å². The third kappa shape index (κ3) is 1.98. The molecule has 1 aliphatic rings. The molecule has 1 heterocycles. The van der Waals surface area contributed by atoms with Gasteiger partial charge < -0.3 is 16.0 Å². The molecule has 5 heteroatoms. The maximum atomic E-state index is 11.3. The minimum atomic E-state index is -0.315. The van der Waals surface area contributed by atoms with E-state index in [1.54, 1.807) is 11.9 Å². The summed E-state index contributed by atoms with van der Waals surface area (Å²) in [6.45, 7) is 2.07. The molecule has 0 saturated carbocycles. The highest BCUT2D eigenvalue weighted by Gasteiger charge is 2.37. The third-order valence-corrected chi connectivity index (χ3v) is 2.34. The van der Waals surface area contributed by atoms with Crippen molar-refractivity contribution in [2.45, 2.75) is 25.4 Å². The Hall–Kier alpha value is -1.10. The number of nitrogens with zero attached hydrogens (tertiary/aromatic N) is 1. The van der Waals surface area contributed by atoms with Gasteiger partial charge in [-0.25, -0.2) is 0 Å². The van der Waals surface area contributed by atoms with Crippen LogP contribution in [0.5, 0.6) is 0 Å². The van der Waals surface area contributed by atoms with E-state index in [0.717, 1.165) is 0 Å². The van der Waals surface area contributed by atoms with Crippen molar-refractivity contribution < 1.29 is 15.3 Å². The molecule has 1 saturated heterocycles. The van der Waals surface area contributed by atoms with Gasteiger partial charge in [-0.1, -0.05) is 0 Å². The summed E-state index contributed by atoms with van der Waals surface area (Å²) in [5.41, 5.74) is 3.86. The van der Waals surface area contributed by atoms with Crippen LogP contribution in [0.3, 0.4) is 0 Å². The Morgan fingerprint density at radius 3 is 2.62 bits per heavy atom. The number of quaternary nitrogens is 1. The summed E-state index contributed by atoms with van der Waals surface area (Å²) in [6.07, 6.45) is 0.666. The maximum Gasteiger partial charge on any atom is 0.242 e. The summed E-state index contributed by atoms with van der Waals surface area (Å²) in [6, 6.07) is -0.142. The first-order valence-corrected chi connectivity index (χ1v) is 4.38. The van der Waals surface area contributed by atoms with E-state index in [4.69, 9.17) is 0 Å². The molecule has 5 nitrogen and oxygen atoms in total. The molecule has 1 aliphatic heterocycles. The molecule has 4 N–H and O–H groups in total. The van der Waals surface area contributed by atoms with Gasteiger partial charge in [0.05, 0.1) is 6.54 Å². The van der Waals surface area contributed by atoms with E-state index in [-0.39, 0.29) is 23.9 Å². The zero-order valence-electron chi connectivity index (χ0n) is 8.04. The molecule has 74 valence electrons. The number of hydrogen-bond acceptors (Lipinski definition) is 2. The Bertz CT molecular complexity index is 229. The minimum Gasteiger partial charge on any atom is -0.357 e.